The fourth-order valence-corrected chi connectivity index (χ4v) is 3.19. The van der Waals surface area contributed by atoms with Crippen molar-refractivity contribution in [3.8, 4) is 11.5 Å². The topological polar surface area (TPSA) is 42.0 Å². The minimum atomic E-state index is -0.704. The van der Waals surface area contributed by atoms with Gasteiger partial charge < -0.3 is 14.4 Å². The molecule has 27 heavy (non-hydrogen) atoms. The first-order chi connectivity index (χ1) is 13.0. The highest BCUT2D eigenvalue weighted by Gasteiger charge is 2.25. The van der Waals surface area contributed by atoms with Crippen LogP contribution in [0, 0.1) is 11.6 Å². The molecule has 0 aliphatic carbocycles. The van der Waals surface area contributed by atoms with E-state index in [2.05, 4.69) is 4.90 Å². The van der Waals surface area contributed by atoms with Gasteiger partial charge in [-0.1, -0.05) is 0 Å². The average molecular weight is 376 g/mol. The van der Waals surface area contributed by atoms with Crippen LogP contribution in [-0.2, 0) is 6.54 Å². The van der Waals surface area contributed by atoms with Crippen LogP contribution in [0.3, 0.4) is 0 Å². The molecular weight excluding hydrogens is 354 g/mol. The zero-order valence-corrected chi connectivity index (χ0v) is 15.4. The van der Waals surface area contributed by atoms with Gasteiger partial charge in [0.1, 0.15) is 23.1 Å². The van der Waals surface area contributed by atoms with E-state index in [1.54, 1.807) is 19.1 Å². The summed E-state index contributed by atoms with van der Waals surface area (Å²) in [5, 5.41) is 0. The molecule has 0 atom stereocenters. The number of carbonyl (C=O) groups excluding carboxylic acids is 1. The van der Waals surface area contributed by atoms with E-state index in [0.717, 1.165) is 35.3 Å². The van der Waals surface area contributed by atoms with Gasteiger partial charge in [-0.05, 0) is 36.4 Å². The lowest BCUT2D eigenvalue weighted by molar-refractivity contribution is 0.0622. The van der Waals surface area contributed by atoms with Crippen molar-refractivity contribution in [2.45, 2.75) is 6.54 Å². The highest BCUT2D eigenvalue weighted by atomic mass is 19.1. The fraction of sp³-hybridized carbons (Fsp3) is 0.350. The number of amides is 1. The van der Waals surface area contributed by atoms with Crippen LogP contribution < -0.4 is 9.47 Å². The molecule has 144 valence electrons. The molecule has 1 amide bonds. The summed E-state index contributed by atoms with van der Waals surface area (Å²) in [5.41, 5.74) is 0.769. The van der Waals surface area contributed by atoms with E-state index < -0.39 is 17.5 Å². The number of methoxy groups -OCH3 is 2. The van der Waals surface area contributed by atoms with Crippen molar-refractivity contribution in [1.29, 1.82) is 0 Å². The fourth-order valence-electron chi connectivity index (χ4n) is 3.19. The third-order valence-electron chi connectivity index (χ3n) is 4.70. The molecule has 2 aromatic carbocycles. The lowest BCUT2D eigenvalue weighted by Gasteiger charge is -2.35. The van der Waals surface area contributed by atoms with Crippen molar-refractivity contribution in [3.05, 3.63) is 59.2 Å². The number of hydrogen-bond donors (Lipinski definition) is 0. The second kappa shape index (κ2) is 8.35. The molecule has 1 aliphatic rings. The Morgan fingerprint density at radius 2 is 1.74 bits per heavy atom. The lowest BCUT2D eigenvalue weighted by Crippen LogP contribution is -2.48. The zero-order chi connectivity index (χ0) is 19.4. The van der Waals surface area contributed by atoms with E-state index in [4.69, 9.17) is 9.47 Å². The number of piperazine rings is 1. The second-order valence-electron chi connectivity index (χ2n) is 6.37. The van der Waals surface area contributed by atoms with Gasteiger partial charge in [-0.25, -0.2) is 8.78 Å². The third-order valence-corrected chi connectivity index (χ3v) is 4.70. The molecule has 1 fully saturated rings. The van der Waals surface area contributed by atoms with Gasteiger partial charge in [-0.3, -0.25) is 9.69 Å². The maximum absolute atomic E-state index is 13.8. The van der Waals surface area contributed by atoms with Crippen molar-refractivity contribution in [2.24, 2.45) is 0 Å². The molecule has 0 unspecified atom stereocenters. The van der Waals surface area contributed by atoms with Gasteiger partial charge in [-0.2, -0.15) is 0 Å². The van der Waals surface area contributed by atoms with E-state index in [0.29, 0.717) is 32.7 Å². The quantitative estimate of drug-likeness (QED) is 0.805. The Morgan fingerprint density at radius 1 is 1.00 bits per heavy atom. The number of benzene rings is 2. The zero-order valence-electron chi connectivity index (χ0n) is 15.4. The first-order valence-electron chi connectivity index (χ1n) is 8.69. The van der Waals surface area contributed by atoms with Crippen LogP contribution in [-0.4, -0.2) is 56.1 Å². The third kappa shape index (κ3) is 4.36. The van der Waals surface area contributed by atoms with Gasteiger partial charge in [0, 0.05) is 38.3 Å². The number of carbonyl (C=O) groups is 1. The van der Waals surface area contributed by atoms with Gasteiger partial charge in [0.05, 0.1) is 19.8 Å². The molecule has 1 aliphatic heterocycles. The summed E-state index contributed by atoms with van der Waals surface area (Å²) in [6, 6.07) is 8.57. The van der Waals surface area contributed by atoms with Crippen LogP contribution in [0.4, 0.5) is 8.78 Å². The van der Waals surface area contributed by atoms with Crippen LogP contribution in [0.25, 0.3) is 0 Å². The lowest BCUT2D eigenvalue weighted by atomic mass is 10.1. The Labute approximate surface area is 157 Å². The number of halogens is 2. The molecule has 1 heterocycles. The Morgan fingerprint density at radius 3 is 2.41 bits per heavy atom. The van der Waals surface area contributed by atoms with E-state index >= 15 is 0 Å². The van der Waals surface area contributed by atoms with E-state index in [1.807, 2.05) is 18.2 Å². The first kappa shape index (κ1) is 19.1. The summed E-state index contributed by atoms with van der Waals surface area (Å²) < 4.78 is 37.9. The predicted molar refractivity (Wildman–Crippen MR) is 97.1 cm³/mol. The Kier molecular flexibility index (Phi) is 5.91. The molecule has 0 saturated carbocycles. The van der Waals surface area contributed by atoms with Crippen molar-refractivity contribution in [2.75, 3.05) is 40.4 Å². The normalized spacial score (nSPS) is 14.9. The minimum Gasteiger partial charge on any atom is -0.497 e. The van der Waals surface area contributed by atoms with Gasteiger partial charge in [0.2, 0.25) is 0 Å². The number of hydrogen-bond acceptors (Lipinski definition) is 4. The molecule has 1 saturated heterocycles. The Hall–Kier alpha value is -2.67. The van der Waals surface area contributed by atoms with Gasteiger partial charge in [-0.15, -0.1) is 0 Å². The summed E-state index contributed by atoms with van der Waals surface area (Å²) in [6.45, 7) is 2.80. The van der Waals surface area contributed by atoms with Gasteiger partial charge in [0.25, 0.3) is 5.91 Å². The summed E-state index contributed by atoms with van der Waals surface area (Å²) >= 11 is 0. The van der Waals surface area contributed by atoms with Crippen molar-refractivity contribution in [3.63, 3.8) is 0 Å². The Bertz CT molecular complexity index is 821. The molecule has 0 radical (unpaired) electrons. The summed E-state index contributed by atoms with van der Waals surface area (Å²) in [4.78, 5) is 16.2. The SMILES string of the molecule is COc1ccc(OC)c(CN2CCN(C(=O)c3cc(F)ccc3F)CC2)c1. The summed E-state index contributed by atoms with van der Waals surface area (Å²) in [5.74, 6) is -0.281. The molecule has 2 aromatic rings. The number of ether oxygens (including phenoxy) is 2. The molecule has 0 aromatic heterocycles. The maximum atomic E-state index is 13.8. The minimum absolute atomic E-state index is 0.224. The van der Waals surface area contributed by atoms with Gasteiger partial charge >= 0.3 is 0 Å². The van der Waals surface area contributed by atoms with Crippen LogP contribution in [0.5, 0.6) is 11.5 Å². The van der Waals surface area contributed by atoms with Crippen LogP contribution in [0.2, 0.25) is 0 Å². The maximum Gasteiger partial charge on any atom is 0.257 e. The number of rotatable bonds is 5. The summed E-state index contributed by atoms with van der Waals surface area (Å²) in [6.07, 6.45) is 0. The largest absolute Gasteiger partial charge is 0.497 e. The highest BCUT2D eigenvalue weighted by Crippen LogP contribution is 2.26. The molecule has 5 nitrogen and oxygen atoms in total. The number of nitrogens with zero attached hydrogens (tertiary/aromatic N) is 2. The average Bonchev–Trinajstić information content (AvgIpc) is 2.69. The monoisotopic (exact) mass is 376 g/mol. The molecule has 0 N–H and O–H groups in total. The van der Waals surface area contributed by atoms with Crippen molar-refractivity contribution in [1.82, 2.24) is 9.80 Å². The van der Waals surface area contributed by atoms with E-state index in [9.17, 15) is 13.6 Å². The standard InChI is InChI=1S/C20H22F2N2O3/c1-26-16-4-6-19(27-2)14(11-16)13-23-7-9-24(10-8-23)20(25)17-12-15(21)3-5-18(17)22/h3-6,11-12H,7-10,13H2,1-2H3. The van der Waals surface area contributed by atoms with Crippen LogP contribution >= 0.6 is 0 Å². The highest BCUT2D eigenvalue weighted by molar-refractivity contribution is 5.94. The van der Waals surface area contributed by atoms with E-state index in [1.165, 1.54) is 0 Å². The molecular formula is C20H22F2N2O3. The van der Waals surface area contributed by atoms with Crippen LogP contribution in [0.15, 0.2) is 36.4 Å². The van der Waals surface area contributed by atoms with Crippen molar-refractivity contribution >= 4 is 5.91 Å². The summed E-state index contributed by atoms with van der Waals surface area (Å²) in [7, 11) is 3.23. The van der Waals surface area contributed by atoms with E-state index in [-0.39, 0.29) is 5.56 Å². The second-order valence-corrected chi connectivity index (χ2v) is 6.37. The molecule has 7 heteroatoms. The van der Waals surface area contributed by atoms with Crippen molar-refractivity contribution < 1.29 is 23.0 Å². The van der Waals surface area contributed by atoms with Crippen LogP contribution in [0.1, 0.15) is 15.9 Å². The molecule has 0 bridgehead atoms. The molecule has 3 rings (SSSR count). The molecule has 0 spiro atoms. The first-order valence-corrected chi connectivity index (χ1v) is 8.69. The Balaban J connectivity index is 1.64. The van der Waals surface area contributed by atoms with Gasteiger partial charge in [0.15, 0.2) is 0 Å². The smallest absolute Gasteiger partial charge is 0.257 e. The predicted octanol–water partition coefficient (Wildman–Crippen LogP) is 2.94.